The van der Waals surface area contributed by atoms with Gasteiger partial charge in [-0.2, -0.15) is 0 Å². The fraction of sp³-hybridized carbons (Fsp3) is 0.280. The van der Waals surface area contributed by atoms with E-state index in [-0.39, 0.29) is 12.5 Å². The lowest BCUT2D eigenvalue weighted by Crippen LogP contribution is -2.38. The summed E-state index contributed by atoms with van der Waals surface area (Å²) in [5, 5.41) is 2.80. The van der Waals surface area contributed by atoms with Crippen LogP contribution in [0.3, 0.4) is 0 Å². The van der Waals surface area contributed by atoms with Gasteiger partial charge in [-0.05, 0) is 17.7 Å². The number of fused-ring (bicyclic) bond motifs is 1. The maximum Gasteiger partial charge on any atom is 0.248 e. The van der Waals surface area contributed by atoms with Crippen molar-refractivity contribution in [3.8, 4) is 11.3 Å². The molecule has 6 nitrogen and oxygen atoms in total. The minimum absolute atomic E-state index is 0.0399. The van der Waals surface area contributed by atoms with Crippen LogP contribution >= 0.6 is 22.9 Å². The number of ether oxygens (including phenoxy) is 2. The monoisotopic (exact) mass is 483 g/mol. The highest BCUT2D eigenvalue weighted by atomic mass is 35.5. The lowest BCUT2D eigenvalue weighted by molar-refractivity contribution is -0.137. The fourth-order valence-electron chi connectivity index (χ4n) is 3.50. The summed E-state index contributed by atoms with van der Waals surface area (Å²) in [4.78, 5) is 20.3. The summed E-state index contributed by atoms with van der Waals surface area (Å²) in [5.41, 5.74) is 4.09. The molecule has 0 radical (unpaired) electrons. The van der Waals surface area contributed by atoms with Gasteiger partial charge in [0.25, 0.3) is 0 Å². The summed E-state index contributed by atoms with van der Waals surface area (Å²) in [6, 6.07) is 17.5. The summed E-state index contributed by atoms with van der Waals surface area (Å²) >= 11 is 7.60. The van der Waals surface area contributed by atoms with Crippen molar-refractivity contribution in [2.45, 2.75) is 13.0 Å². The second-order valence-electron chi connectivity index (χ2n) is 7.61. The number of carbonyl (C=O) groups excluding carboxylic acids is 1. The standard InChI is InChI=1S/C25H26ClN3O3S/c1-31-14-13-28(24(30)17-32-16-19-5-3-2-4-6-19)12-11-22-18-33-25-27-23(15-29(22)25)20-7-9-21(26)10-8-20/h2-10,15,18H,11-14,16-17H2,1H3. The van der Waals surface area contributed by atoms with Gasteiger partial charge < -0.3 is 14.4 Å². The maximum atomic E-state index is 12.8. The van der Waals surface area contributed by atoms with Crippen LogP contribution < -0.4 is 0 Å². The molecule has 0 spiro atoms. The van der Waals surface area contributed by atoms with Crippen LogP contribution in [-0.4, -0.2) is 53.6 Å². The van der Waals surface area contributed by atoms with E-state index in [0.29, 0.717) is 37.7 Å². The lowest BCUT2D eigenvalue weighted by Gasteiger charge is -2.22. The predicted octanol–water partition coefficient (Wildman–Crippen LogP) is 4.95. The molecule has 4 rings (SSSR count). The SMILES string of the molecule is COCCN(CCc1csc2nc(-c3ccc(Cl)cc3)cn12)C(=O)COCc1ccccc1. The molecule has 1 amide bonds. The largest absolute Gasteiger partial charge is 0.383 e. The first-order valence-electron chi connectivity index (χ1n) is 10.7. The average Bonchev–Trinajstić information content (AvgIpc) is 3.42. The van der Waals surface area contributed by atoms with Crippen LogP contribution in [0.15, 0.2) is 66.2 Å². The topological polar surface area (TPSA) is 56.1 Å². The number of amides is 1. The predicted molar refractivity (Wildman–Crippen MR) is 132 cm³/mol. The van der Waals surface area contributed by atoms with Gasteiger partial charge in [-0.25, -0.2) is 4.98 Å². The Morgan fingerprint density at radius 1 is 1.12 bits per heavy atom. The Hall–Kier alpha value is -2.71. The maximum absolute atomic E-state index is 12.8. The third-order valence-electron chi connectivity index (χ3n) is 5.32. The van der Waals surface area contributed by atoms with Crippen molar-refractivity contribution in [3.05, 3.63) is 82.5 Å². The zero-order chi connectivity index (χ0) is 23.0. The molecule has 2 aromatic heterocycles. The van der Waals surface area contributed by atoms with Gasteiger partial charge in [-0.15, -0.1) is 11.3 Å². The minimum Gasteiger partial charge on any atom is -0.383 e. The number of aromatic nitrogens is 2. The first-order valence-corrected chi connectivity index (χ1v) is 12.0. The molecule has 172 valence electrons. The van der Waals surface area contributed by atoms with E-state index in [1.165, 1.54) is 0 Å². The first-order chi connectivity index (χ1) is 16.1. The van der Waals surface area contributed by atoms with Gasteiger partial charge in [0.05, 0.1) is 18.9 Å². The Labute approximate surface area is 202 Å². The van der Waals surface area contributed by atoms with Crippen LogP contribution in [-0.2, 0) is 27.3 Å². The van der Waals surface area contributed by atoms with E-state index in [4.69, 9.17) is 26.1 Å². The molecule has 0 unspecified atom stereocenters. The van der Waals surface area contributed by atoms with Crippen molar-refractivity contribution in [3.63, 3.8) is 0 Å². The van der Waals surface area contributed by atoms with Crippen molar-refractivity contribution in [2.75, 3.05) is 33.4 Å². The summed E-state index contributed by atoms with van der Waals surface area (Å²) < 4.78 is 13.0. The highest BCUT2D eigenvalue weighted by Gasteiger charge is 2.16. The minimum atomic E-state index is -0.0399. The molecule has 2 heterocycles. The van der Waals surface area contributed by atoms with Crippen LogP contribution in [0.5, 0.6) is 0 Å². The molecule has 0 bridgehead atoms. The summed E-state index contributed by atoms with van der Waals surface area (Å²) in [6.07, 6.45) is 2.75. The Kier molecular flexibility index (Phi) is 8.12. The molecule has 4 aromatic rings. The number of halogens is 1. The third-order valence-corrected chi connectivity index (χ3v) is 6.46. The molecular formula is C25H26ClN3O3S. The van der Waals surface area contributed by atoms with Crippen LogP contribution in [0.25, 0.3) is 16.2 Å². The summed E-state index contributed by atoms with van der Waals surface area (Å²) in [7, 11) is 1.64. The van der Waals surface area contributed by atoms with Crippen molar-refractivity contribution in [1.82, 2.24) is 14.3 Å². The quantitative estimate of drug-likeness (QED) is 0.303. The lowest BCUT2D eigenvalue weighted by atomic mass is 10.2. The molecule has 2 aromatic carbocycles. The normalized spacial score (nSPS) is 11.2. The molecule has 0 saturated carbocycles. The van der Waals surface area contributed by atoms with E-state index >= 15 is 0 Å². The van der Waals surface area contributed by atoms with Crippen LogP contribution in [0, 0.1) is 0 Å². The van der Waals surface area contributed by atoms with E-state index in [2.05, 4.69) is 9.78 Å². The van der Waals surface area contributed by atoms with Crippen LogP contribution in [0.4, 0.5) is 0 Å². The first kappa shape index (κ1) is 23.4. The fourth-order valence-corrected chi connectivity index (χ4v) is 4.54. The zero-order valence-corrected chi connectivity index (χ0v) is 20.0. The molecule has 0 aliphatic heterocycles. The smallest absolute Gasteiger partial charge is 0.248 e. The molecule has 0 fully saturated rings. The summed E-state index contributed by atoms with van der Waals surface area (Å²) in [5.74, 6) is -0.0399. The van der Waals surface area contributed by atoms with Gasteiger partial charge in [0.15, 0.2) is 4.96 Å². The zero-order valence-electron chi connectivity index (χ0n) is 18.4. The van der Waals surface area contributed by atoms with Crippen molar-refractivity contribution >= 4 is 33.8 Å². The van der Waals surface area contributed by atoms with Crippen LogP contribution in [0.1, 0.15) is 11.3 Å². The van der Waals surface area contributed by atoms with Gasteiger partial charge >= 0.3 is 0 Å². The number of nitrogens with zero attached hydrogens (tertiary/aromatic N) is 3. The van der Waals surface area contributed by atoms with Crippen molar-refractivity contribution in [2.24, 2.45) is 0 Å². The summed E-state index contributed by atoms with van der Waals surface area (Å²) in [6.45, 7) is 2.05. The second kappa shape index (κ2) is 11.4. The number of rotatable bonds is 11. The number of carbonyl (C=O) groups is 1. The van der Waals surface area contributed by atoms with Crippen LogP contribution in [0.2, 0.25) is 5.02 Å². The van der Waals surface area contributed by atoms with Gasteiger partial charge in [-0.1, -0.05) is 54.1 Å². The van der Waals surface area contributed by atoms with Crippen molar-refractivity contribution < 1.29 is 14.3 Å². The molecule has 0 aliphatic rings. The van der Waals surface area contributed by atoms with Gasteiger partial charge in [-0.3, -0.25) is 9.20 Å². The third kappa shape index (κ3) is 6.21. The number of methoxy groups -OCH3 is 1. The molecule has 0 saturated heterocycles. The molecule has 8 heteroatoms. The van der Waals surface area contributed by atoms with E-state index in [1.807, 2.05) is 60.8 Å². The molecule has 33 heavy (non-hydrogen) atoms. The van der Waals surface area contributed by atoms with E-state index < -0.39 is 0 Å². The Morgan fingerprint density at radius 3 is 2.67 bits per heavy atom. The highest BCUT2D eigenvalue weighted by Crippen LogP contribution is 2.25. The highest BCUT2D eigenvalue weighted by molar-refractivity contribution is 7.15. The Balaban J connectivity index is 1.38. The molecular weight excluding hydrogens is 458 g/mol. The van der Waals surface area contributed by atoms with E-state index in [9.17, 15) is 4.79 Å². The van der Waals surface area contributed by atoms with E-state index in [1.54, 1.807) is 23.3 Å². The molecule has 0 atom stereocenters. The number of hydrogen-bond donors (Lipinski definition) is 0. The van der Waals surface area contributed by atoms with Gasteiger partial charge in [0, 0.05) is 54.5 Å². The number of thiazole rings is 1. The number of hydrogen-bond acceptors (Lipinski definition) is 5. The number of benzene rings is 2. The Morgan fingerprint density at radius 2 is 1.91 bits per heavy atom. The molecule has 0 aliphatic carbocycles. The molecule has 0 N–H and O–H groups in total. The van der Waals surface area contributed by atoms with Gasteiger partial charge in [0.1, 0.15) is 6.61 Å². The van der Waals surface area contributed by atoms with Gasteiger partial charge in [0.2, 0.25) is 5.91 Å². The van der Waals surface area contributed by atoms with Crippen molar-refractivity contribution in [1.29, 1.82) is 0 Å². The average molecular weight is 484 g/mol. The second-order valence-corrected chi connectivity index (χ2v) is 8.89. The Bertz CT molecular complexity index is 1170. The van der Waals surface area contributed by atoms with E-state index in [0.717, 1.165) is 27.5 Å². The number of imidazole rings is 1.